The molecule has 2 aromatic carbocycles. The summed E-state index contributed by atoms with van der Waals surface area (Å²) in [6.45, 7) is 1.96. The van der Waals surface area contributed by atoms with Crippen LogP contribution in [0.15, 0.2) is 54.7 Å². The fourth-order valence-electron chi connectivity index (χ4n) is 3.17. The second-order valence-corrected chi connectivity index (χ2v) is 6.35. The molecule has 0 radical (unpaired) electrons. The lowest BCUT2D eigenvalue weighted by Crippen LogP contribution is -1.89. The maximum atomic E-state index is 5.70. The van der Waals surface area contributed by atoms with Crippen molar-refractivity contribution in [3.8, 4) is 22.6 Å². The van der Waals surface area contributed by atoms with Crippen molar-refractivity contribution in [1.82, 2.24) is 24.9 Å². The van der Waals surface area contributed by atoms with Gasteiger partial charge in [-0.3, -0.25) is 4.98 Å². The summed E-state index contributed by atoms with van der Waals surface area (Å²) >= 11 is 0. The number of pyridine rings is 1. The highest BCUT2D eigenvalue weighted by molar-refractivity contribution is 5.87. The van der Waals surface area contributed by atoms with Crippen LogP contribution in [0.1, 0.15) is 5.82 Å². The van der Waals surface area contributed by atoms with E-state index in [1.807, 2.05) is 31.2 Å². The largest absolute Gasteiger partial charge is 0.397 e. The van der Waals surface area contributed by atoms with Crippen molar-refractivity contribution >= 4 is 27.8 Å². The highest BCUT2D eigenvalue weighted by Crippen LogP contribution is 2.27. The molecule has 0 amide bonds. The molecule has 0 saturated heterocycles. The molecular formula is C20H16N6. The zero-order valence-electron chi connectivity index (χ0n) is 14.1. The summed E-state index contributed by atoms with van der Waals surface area (Å²) in [6.07, 6.45) is 1.63. The predicted octanol–water partition coefficient (Wildman–Crippen LogP) is 4.06. The van der Waals surface area contributed by atoms with Gasteiger partial charge in [0.1, 0.15) is 11.5 Å². The number of imidazole rings is 2. The molecule has 0 aliphatic carbocycles. The maximum Gasteiger partial charge on any atom is 0.157 e. The van der Waals surface area contributed by atoms with Gasteiger partial charge in [-0.15, -0.1) is 0 Å². The Morgan fingerprint density at radius 3 is 2.19 bits per heavy atom. The third-order valence-electron chi connectivity index (χ3n) is 4.44. The van der Waals surface area contributed by atoms with Crippen LogP contribution in [-0.2, 0) is 0 Å². The summed E-state index contributed by atoms with van der Waals surface area (Å²) < 4.78 is 0. The molecule has 3 heterocycles. The molecule has 126 valence electrons. The van der Waals surface area contributed by atoms with E-state index in [9.17, 15) is 0 Å². The van der Waals surface area contributed by atoms with Gasteiger partial charge in [0.15, 0.2) is 5.82 Å². The van der Waals surface area contributed by atoms with E-state index in [0.29, 0.717) is 5.69 Å². The normalized spacial score (nSPS) is 11.4. The molecule has 0 bridgehead atoms. The summed E-state index contributed by atoms with van der Waals surface area (Å²) in [7, 11) is 0. The van der Waals surface area contributed by atoms with Crippen LogP contribution in [0.25, 0.3) is 44.7 Å². The lowest BCUT2D eigenvalue weighted by atomic mass is 10.0. The molecule has 0 saturated carbocycles. The van der Waals surface area contributed by atoms with E-state index < -0.39 is 0 Å². The van der Waals surface area contributed by atoms with Gasteiger partial charge in [0, 0.05) is 0 Å². The Bertz CT molecular complexity index is 1250. The van der Waals surface area contributed by atoms with E-state index in [0.717, 1.165) is 50.5 Å². The van der Waals surface area contributed by atoms with Crippen molar-refractivity contribution in [1.29, 1.82) is 0 Å². The van der Waals surface area contributed by atoms with Crippen LogP contribution in [0.5, 0.6) is 0 Å². The number of nitrogens with zero attached hydrogens (tertiary/aromatic N) is 3. The van der Waals surface area contributed by atoms with Crippen LogP contribution in [-0.4, -0.2) is 24.9 Å². The van der Waals surface area contributed by atoms with Crippen LogP contribution in [0, 0.1) is 6.92 Å². The minimum atomic E-state index is 0.636. The zero-order chi connectivity index (χ0) is 17.7. The maximum absolute atomic E-state index is 5.70. The standard InChI is InChI=1S/C20H16N6/c1-11-23-15-5-2-12(8-18(15)24-11)13-3-6-16-19(9-13)26-20(25-16)17-7-4-14(21)10-22-17/h2-10H,21H2,1H3,(H,23,24)(H,25,26). The number of aromatic nitrogens is 5. The Hall–Kier alpha value is -3.67. The molecule has 3 aromatic heterocycles. The number of hydrogen-bond donors (Lipinski definition) is 3. The highest BCUT2D eigenvalue weighted by atomic mass is 14.9. The van der Waals surface area contributed by atoms with Crippen molar-refractivity contribution in [2.75, 3.05) is 5.73 Å². The molecule has 5 rings (SSSR count). The lowest BCUT2D eigenvalue weighted by molar-refractivity contribution is 1.17. The number of rotatable bonds is 2. The van der Waals surface area contributed by atoms with Gasteiger partial charge in [0.05, 0.1) is 34.0 Å². The topological polar surface area (TPSA) is 96.3 Å². The average molecular weight is 340 g/mol. The van der Waals surface area contributed by atoms with E-state index in [2.05, 4.69) is 49.2 Å². The summed E-state index contributed by atoms with van der Waals surface area (Å²) in [5.41, 5.74) is 13.2. The van der Waals surface area contributed by atoms with Crippen LogP contribution in [0.4, 0.5) is 5.69 Å². The molecule has 0 atom stereocenters. The van der Waals surface area contributed by atoms with Crippen molar-refractivity contribution < 1.29 is 0 Å². The van der Waals surface area contributed by atoms with Gasteiger partial charge in [0.2, 0.25) is 0 Å². The smallest absolute Gasteiger partial charge is 0.157 e. The van der Waals surface area contributed by atoms with E-state index in [-0.39, 0.29) is 0 Å². The number of nitrogens with one attached hydrogen (secondary N) is 2. The van der Waals surface area contributed by atoms with Crippen LogP contribution in [0.2, 0.25) is 0 Å². The quantitative estimate of drug-likeness (QED) is 0.451. The monoisotopic (exact) mass is 340 g/mol. The molecule has 0 aliphatic rings. The minimum absolute atomic E-state index is 0.636. The molecule has 0 aliphatic heterocycles. The first kappa shape index (κ1) is 14.7. The minimum Gasteiger partial charge on any atom is -0.397 e. The number of nitrogen functional groups attached to an aromatic ring is 1. The molecule has 0 spiro atoms. The Kier molecular flexibility index (Phi) is 3.05. The zero-order valence-corrected chi connectivity index (χ0v) is 14.1. The second kappa shape index (κ2) is 5.42. The van der Waals surface area contributed by atoms with Crippen molar-refractivity contribution in [2.24, 2.45) is 0 Å². The molecule has 5 aromatic rings. The summed E-state index contributed by atoms with van der Waals surface area (Å²) in [5.74, 6) is 1.65. The molecule has 26 heavy (non-hydrogen) atoms. The first-order valence-electron chi connectivity index (χ1n) is 8.34. The van der Waals surface area contributed by atoms with Crippen LogP contribution in [0.3, 0.4) is 0 Å². The Morgan fingerprint density at radius 2 is 1.50 bits per heavy atom. The first-order chi connectivity index (χ1) is 12.7. The SMILES string of the molecule is Cc1nc2ccc(-c3ccc4nc(-c5ccc(N)cn5)[nH]c4c3)cc2[nH]1. The fourth-order valence-corrected chi connectivity index (χ4v) is 3.17. The van der Waals surface area contributed by atoms with E-state index in [1.165, 1.54) is 0 Å². The molecule has 6 nitrogen and oxygen atoms in total. The molecular weight excluding hydrogens is 324 g/mol. The number of anilines is 1. The molecule has 4 N–H and O–H groups in total. The van der Waals surface area contributed by atoms with E-state index in [4.69, 9.17) is 5.73 Å². The van der Waals surface area contributed by atoms with Gasteiger partial charge >= 0.3 is 0 Å². The highest BCUT2D eigenvalue weighted by Gasteiger charge is 2.09. The number of aromatic amines is 2. The van der Waals surface area contributed by atoms with E-state index in [1.54, 1.807) is 6.20 Å². The van der Waals surface area contributed by atoms with Crippen LogP contribution < -0.4 is 5.73 Å². The number of H-pyrrole nitrogens is 2. The third kappa shape index (κ3) is 2.39. The van der Waals surface area contributed by atoms with Crippen molar-refractivity contribution in [3.05, 3.63) is 60.6 Å². The number of nitrogens with two attached hydrogens (primary N) is 1. The Labute approximate surface area is 149 Å². The van der Waals surface area contributed by atoms with E-state index >= 15 is 0 Å². The Balaban J connectivity index is 1.59. The van der Waals surface area contributed by atoms with Gasteiger partial charge in [-0.05, 0) is 54.4 Å². The van der Waals surface area contributed by atoms with Gasteiger partial charge < -0.3 is 15.7 Å². The third-order valence-corrected chi connectivity index (χ3v) is 4.44. The fraction of sp³-hybridized carbons (Fsp3) is 0.0500. The van der Waals surface area contributed by atoms with Gasteiger partial charge in [-0.2, -0.15) is 0 Å². The number of benzene rings is 2. The number of fused-ring (bicyclic) bond motifs is 2. The number of hydrogen-bond acceptors (Lipinski definition) is 4. The van der Waals surface area contributed by atoms with Gasteiger partial charge in [0.25, 0.3) is 0 Å². The van der Waals surface area contributed by atoms with Crippen molar-refractivity contribution in [2.45, 2.75) is 6.92 Å². The molecule has 6 heteroatoms. The van der Waals surface area contributed by atoms with Crippen molar-refractivity contribution in [3.63, 3.8) is 0 Å². The Morgan fingerprint density at radius 1 is 0.808 bits per heavy atom. The molecule has 0 fully saturated rings. The summed E-state index contributed by atoms with van der Waals surface area (Å²) in [5, 5.41) is 0. The second-order valence-electron chi connectivity index (χ2n) is 6.35. The summed E-state index contributed by atoms with van der Waals surface area (Å²) in [6, 6.07) is 16.1. The number of aryl methyl sites for hydroxylation is 1. The predicted molar refractivity (Wildman–Crippen MR) is 104 cm³/mol. The lowest BCUT2D eigenvalue weighted by Gasteiger charge is -2.01. The molecule has 0 unspecified atom stereocenters. The van der Waals surface area contributed by atoms with Gasteiger partial charge in [-0.1, -0.05) is 12.1 Å². The van der Waals surface area contributed by atoms with Crippen LogP contribution >= 0.6 is 0 Å². The van der Waals surface area contributed by atoms with Gasteiger partial charge in [-0.25, -0.2) is 9.97 Å². The average Bonchev–Trinajstić information content (AvgIpc) is 3.23. The summed E-state index contributed by atoms with van der Waals surface area (Å²) in [4.78, 5) is 20.0. The first-order valence-corrected chi connectivity index (χ1v) is 8.34.